The molecule has 0 N–H and O–H groups in total. The van der Waals surface area contributed by atoms with Gasteiger partial charge in [0.2, 0.25) is 0 Å². The highest BCUT2D eigenvalue weighted by atomic mass is 16.5. The van der Waals surface area contributed by atoms with Crippen LogP contribution in [0.2, 0.25) is 0 Å². The Bertz CT molecular complexity index is 541. The van der Waals surface area contributed by atoms with Gasteiger partial charge in [0, 0.05) is 46.3 Å². The monoisotopic (exact) mass is 307 g/mol. The summed E-state index contributed by atoms with van der Waals surface area (Å²) in [5, 5.41) is 0. The van der Waals surface area contributed by atoms with Gasteiger partial charge in [0.1, 0.15) is 5.76 Å². The first-order valence-electron chi connectivity index (χ1n) is 8.09. The average molecular weight is 307 g/mol. The minimum atomic E-state index is -0.107. The first-order valence-corrected chi connectivity index (χ1v) is 8.09. The third kappa shape index (κ3) is 3.17. The highest BCUT2D eigenvalue weighted by molar-refractivity contribution is 5.90. The number of methoxy groups -OCH3 is 1. The van der Waals surface area contributed by atoms with Crippen molar-refractivity contribution in [2.24, 2.45) is 5.92 Å². The quantitative estimate of drug-likeness (QED) is 0.844. The first-order chi connectivity index (χ1) is 10.6. The molecule has 0 aromatic carbocycles. The summed E-state index contributed by atoms with van der Waals surface area (Å²) in [7, 11) is 1.69. The number of hydrogen-bond donors (Lipinski definition) is 0. The average Bonchev–Trinajstić information content (AvgIpc) is 3.12. The topological polar surface area (TPSA) is 58.8 Å². The summed E-state index contributed by atoms with van der Waals surface area (Å²) in [5.41, 5.74) is 0.928. The molecule has 22 heavy (non-hydrogen) atoms. The van der Waals surface area contributed by atoms with Crippen LogP contribution in [0.25, 0.3) is 0 Å². The Morgan fingerprint density at radius 1 is 1.45 bits per heavy atom. The van der Waals surface area contributed by atoms with Crippen LogP contribution in [0.15, 0.2) is 4.42 Å². The van der Waals surface area contributed by atoms with Gasteiger partial charge in [-0.15, -0.1) is 0 Å². The van der Waals surface area contributed by atoms with Crippen LogP contribution in [0, 0.1) is 5.92 Å². The number of oxazole rings is 1. The van der Waals surface area contributed by atoms with Crippen LogP contribution in [-0.2, 0) is 17.7 Å². The van der Waals surface area contributed by atoms with Crippen molar-refractivity contribution in [3.63, 3.8) is 0 Å². The number of carbonyl (C=O) groups is 1. The molecule has 0 saturated carbocycles. The normalized spacial score (nSPS) is 22.4. The van der Waals surface area contributed by atoms with E-state index in [2.05, 4.69) is 23.7 Å². The van der Waals surface area contributed by atoms with Crippen molar-refractivity contribution in [3.05, 3.63) is 17.3 Å². The maximum Gasteiger partial charge on any atom is 0.309 e. The molecule has 0 radical (unpaired) electrons. The second-order valence-corrected chi connectivity index (χ2v) is 6.67. The van der Waals surface area contributed by atoms with Crippen LogP contribution in [0.3, 0.4) is 0 Å². The molecule has 3 rings (SSSR count). The Hall–Kier alpha value is -1.40. The molecule has 1 aromatic rings. The van der Waals surface area contributed by atoms with E-state index >= 15 is 0 Å². The number of hydrogen-bond acceptors (Lipinski definition) is 5. The number of rotatable bonds is 4. The fourth-order valence-corrected chi connectivity index (χ4v) is 3.26. The zero-order chi connectivity index (χ0) is 15.7. The molecule has 2 aliphatic rings. The fourth-order valence-electron chi connectivity index (χ4n) is 3.26. The van der Waals surface area contributed by atoms with Crippen molar-refractivity contribution in [2.75, 3.05) is 33.3 Å². The van der Waals surface area contributed by atoms with E-state index in [1.165, 1.54) is 0 Å². The molecule has 122 valence electrons. The Morgan fingerprint density at radius 2 is 2.27 bits per heavy atom. The SMILES string of the molecule is CO[C@H]1CCN(C(=O)c2nc3c(o2)CCN(CC(C)C)C3)C1. The largest absolute Gasteiger partial charge is 0.437 e. The van der Waals surface area contributed by atoms with E-state index in [1.807, 2.05) is 0 Å². The second kappa shape index (κ2) is 6.38. The maximum absolute atomic E-state index is 12.5. The van der Waals surface area contributed by atoms with Crippen LogP contribution < -0.4 is 0 Å². The third-order valence-corrected chi connectivity index (χ3v) is 4.38. The van der Waals surface area contributed by atoms with E-state index in [1.54, 1.807) is 12.0 Å². The molecule has 1 atom stereocenters. The summed E-state index contributed by atoms with van der Waals surface area (Å²) < 4.78 is 11.0. The lowest BCUT2D eigenvalue weighted by molar-refractivity contribution is 0.0687. The van der Waals surface area contributed by atoms with Gasteiger partial charge in [0.25, 0.3) is 5.89 Å². The van der Waals surface area contributed by atoms with Crippen molar-refractivity contribution in [3.8, 4) is 0 Å². The Kier molecular flexibility index (Phi) is 4.49. The van der Waals surface area contributed by atoms with Gasteiger partial charge in [-0.3, -0.25) is 9.69 Å². The zero-order valence-corrected chi connectivity index (χ0v) is 13.7. The van der Waals surface area contributed by atoms with Crippen molar-refractivity contribution >= 4 is 5.91 Å². The highest BCUT2D eigenvalue weighted by Crippen LogP contribution is 2.22. The van der Waals surface area contributed by atoms with Crippen molar-refractivity contribution in [2.45, 2.75) is 39.3 Å². The Morgan fingerprint density at radius 3 is 2.95 bits per heavy atom. The molecule has 0 bridgehead atoms. The lowest BCUT2D eigenvalue weighted by Crippen LogP contribution is -2.33. The number of carbonyl (C=O) groups excluding carboxylic acids is 1. The molecule has 0 spiro atoms. The van der Waals surface area contributed by atoms with E-state index in [9.17, 15) is 4.79 Å². The Labute approximate surface area is 131 Å². The zero-order valence-electron chi connectivity index (χ0n) is 13.7. The van der Waals surface area contributed by atoms with Crippen LogP contribution in [0.1, 0.15) is 42.4 Å². The molecule has 3 heterocycles. The second-order valence-electron chi connectivity index (χ2n) is 6.67. The molecule has 1 saturated heterocycles. The minimum Gasteiger partial charge on any atom is -0.437 e. The van der Waals surface area contributed by atoms with Gasteiger partial charge in [-0.05, 0) is 12.3 Å². The molecule has 1 aromatic heterocycles. The molecule has 0 unspecified atom stereocenters. The van der Waals surface area contributed by atoms with Crippen LogP contribution >= 0.6 is 0 Å². The summed E-state index contributed by atoms with van der Waals surface area (Å²) in [5.74, 6) is 1.65. The smallest absolute Gasteiger partial charge is 0.309 e. The minimum absolute atomic E-state index is 0.107. The number of fused-ring (bicyclic) bond motifs is 1. The standard InChI is InChI=1S/C16H25N3O3/c1-11(2)8-18-6-5-14-13(10-18)17-15(22-14)16(20)19-7-4-12(9-19)21-3/h11-12H,4-10H2,1-3H3/t12-/m0/s1. The summed E-state index contributed by atoms with van der Waals surface area (Å²) in [6.07, 6.45) is 1.85. The molecule has 1 fully saturated rings. The lowest BCUT2D eigenvalue weighted by atomic mass is 10.1. The fraction of sp³-hybridized carbons (Fsp3) is 0.750. The van der Waals surface area contributed by atoms with Crippen LogP contribution in [0.5, 0.6) is 0 Å². The van der Waals surface area contributed by atoms with Gasteiger partial charge in [0.15, 0.2) is 0 Å². The molecule has 6 heteroatoms. The summed E-state index contributed by atoms with van der Waals surface area (Å²) in [4.78, 5) is 21.1. The third-order valence-electron chi connectivity index (χ3n) is 4.38. The van der Waals surface area contributed by atoms with Crippen LogP contribution in [0.4, 0.5) is 0 Å². The van der Waals surface area contributed by atoms with Gasteiger partial charge in [-0.2, -0.15) is 0 Å². The lowest BCUT2D eigenvalue weighted by Gasteiger charge is -2.26. The highest BCUT2D eigenvalue weighted by Gasteiger charge is 2.31. The molecular weight excluding hydrogens is 282 g/mol. The van der Waals surface area contributed by atoms with Gasteiger partial charge >= 0.3 is 5.91 Å². The Balaban J connectivity index is 1.67. The molecule has 0 aliphatic carbocycles. The van der Waals surface area contributed by atoms with Crippen molar-refractivity contribution < 1.29 is 13.9 Å². The molecular formula is C16H25N3O3. The number of aromatic nitrogens is 1. The number of nitrogens with zero attached hydrogens (tertiary/aromatic N) is 3. The summed E-state index contributed by atoms with van der Waals surface area (Å²) in [6, 6.07) is 0. The number of likely N-dealkylation sites (tertiary alicyclic amines) is 1. The van der Waals surface area contributed by atoms with Crippen molar-refractivity contribution in [1.29, 1.82) is 0 Å². The predicted molar refractivity (Wildman–Crippen MR) is 81.6 cm³/mol. The predicted octanol–water partition coefficient (Wildman–Crippen LogP) is 1.55. The first kappa shape index (κ1) is 15.5. The van der Waals surface area contributed by atoms with Gasteiger partial charge in [-0.1, -0.05) is 13.8 Å². The van der Waals surface area contributed by atoms with Gasteiger partial charge in [0.05, 0.1) is 11.8 Å². The molecule has 2 aliphatic heterocycles. The summed E-state index contributed by atoms with van der Waals surface area (Å²) >= 11 is 0. The maximum atomic E-state index is 12.5. The van der Waals surface area contributed by atoms with Crippen molar-refractivity contribution in [1.82, 2.24) is 14.8 Å². The van der Waals surface area contributed by atoms with E-state index in [4.69, 9.17) is 9.15 Å². The molecule has 6 nitrogen and oxygen atoms in total. The van der Waals surface area contributed by atoms with Gasteiger partial charge in [-0.25, -0.2) is 4.98 Å². The van der Waals surface area contributed by atoms with E-state index in [-0.39, 0.29) is 17.9 Å². The number of ether oxygens (including phenoxy) is 1. The van der Waals surface area contributed by atoms with Crippen LogP contribution in [-0.4, -0.2) is 60.1 Å². The number of amides is 1. The van der Waals surface area contributed by atoms with E-state index < -0.39 is 0 Å². The van der Waals surface area contributed by atoms with Gasteiger partial charge < -0.3 is 14.1 Å². The summed E-state index contributed by atoms with van der Waals surface area (Å²) in [6.45, 7) is 8.58. The van der Waals surface area contributed by atoms with E-state index in [0.29, 0.717) is 19.0 Å². The molecule has 1 amide bonds. The van der Waals surface area contributed by atoms with E-state index in [0.717, 1.165) is 43.9 Å².